The number of fused-ring (bicyclic) bond motifs is 19. The highest BCUT2D eigenvalue weighted by atomic mass is 15.0. The Morgan fingerprint density at radius 2 is 0.881 bits per heavy atom. The Kier molecular flexibility index (Phi) is 5.41. The van der Waals surface area contributed by atoms with Crippen LogP contribution < -0.4 is 0 Å². The summed E-state index contributed by atoms with van der Waals surface area (Å²) in [5.41, 5.74) is 13.7. The zero-order valence-corrected chi connectivity index (χ0v) is 31.7. The Labute approximate surface area is 336 Å². The van der Waals surface area contributed by atoms with Crippen molar-refractivity contribution >= 4 is 120 Å². The van der Waals surface area contributed by atoms with E-state index in [2.05, 4.69) is 201 Å². The van der Waals surface area contributed by atoms with Crippen LogP contribution in [0, 0.1) is 0 Å². The van der Waals surface area contributed by atoms with Crippen LogP contribution in [0.1, 0.15) is 0 Å². The number of nitrogens with zero attached hydrogens (tertiary/aromatic N) is 3. The lowest BCUT2D eigenvalue weighted by molar-refractivity contribution is 1.18. The maximum Gasteiger partial charge on any atom is 0.0627 e. The van der Waals surface area contributed by atoms with Crippen molar-refractivity contribution in [2.45, 2.75) is 0 Å². The van der Waals surface area contributed by atoms with Gasteiger partial charge in [0.25, 0.3) is 0 Å². The summed E-state index contributed by atoms with van der Waals surface area (Å²) in [5.74, 6) is 0. The molecule has 0 atom stereocenters. The summed E-state index contributed by atoms with van der Waals surface area (Å²) in [4.78, 5) is 0. The minimum absolute atomic E-state index is 1.17. The number of hydrogen-bond donors (Lipinski definition) is 0. The van der Waals surface area contributed by atoms with Crippen LogP contribution in [0.3, 0.4) is 0 Å². The van der Waals surface area contributed by atoms with Gasteiger partial charge in [-0.2, -0.15) is 0 Å². The van der Waals surface area contributed by atoms with Gasteiger partial charge in [0.05, 0.1) is 44.1 Å². The highest BCUT2D eigenvalue weighted by molar-refractivity contribution is 6.35. The first-order valence-corrected chi connectivity index (χ1v) is 20.5. The van der Waals surface area contributed by atoms with Crippen molar-refractivity contribution in [2.24, 2.45) is 0 Å². The molecule has 0 saturated carbocycles. The fourth-order valence-corrected chi connectivity index (χ4v) is 11.3. The molecule has 0 radical (unpaired) electrons. The number of aromatic nitrogens is 3. The predicted octanol–water partition coefficient (Wildman–Crippen LogP) is 15.1. The molecule has 0 fully saturated rings. The average molecular weight is 746 g/mol. The lowest BCUT2D eigenvalue weighted by Gasteiger charge is -2.09. The molecule has 0 aliphatic heterocycles. The van der Waals surface area contributed by atoms with Crippen LogP contribution in [0.4, 0.5) is 0 Å². The summed E-state index contributed by atoms with van der Waals surface area (Å²) < 4.78 is 7.55. The highest BCUT2D eigenvalue weighted by Crippen LogP contribution is 2.49. The smallest absolute Gasteiger partial charge is 0.0627 e. The van der Waals surface area contributed by atoms with E-state index < -0.39 is 0 Å². The SMILES string of the molecule is c1ccc(-n2c3ccccc3c3cc(-c4cccc5c6c7ccccc7cc7c8cc9c(cc8n(c45)c76)c4cccc5c6c7ccccc7ccc6n9c45)ccc32)cc1. The molecule has 270 valence electrons. The standard InChI is InChI=1S/C56H31N3/c1-2-14-35(15-3-1)57-47-23-9-8-18-39(47)43-28-34(25-26-48(43)57)38-19-10-22-42-53-37-17-7-5-13-33(37)29-46-45-31-50-44(30-51(45)59(54(38)42)56(46)53)40-20-11-21-41-52-36-16-6-4-12-32(36)24-27-49(52)58(50)55(40)41/h1-31H. The number of hydrogen-bond acceptors (Lipinski definition) is 0. The fraction of sp³-hybridized carbons (Fsp3) is 0. The van der Waals surface area contributed by atoms with E-state index in [4.69, 9.17) is 0 Å². The van der Waals surface area contributed by atoms with Gasteiger partial charge in [0.1, 0.15) is 0 Å². The van der Waals surface area contributed by atoms with Gasteiger partial charge in [-0.05, 0) is 81.7 Å². The van der Waals surface area contributed by atoms with Crippen molar-refractivity contribution in [2.75, 3.05) is 0 Å². The molecule has 5 aromatic heterocycles. The lowest BCUT2D eigenvalue weighted by atomic mass is 9.97. The number of benzene rings is 10. The summed E-state index contributed by atoms with van der Waals surface area (Å²) in [5, 5.41) is 18.1. The zero-order valence-electron chi connectivity index (χ0n) is 31.7. The van der Waals surface area contributed by atoms with Crippen molar-refractivity contribution in [1.29, 1.82) is 0 Å². The van der Waals surface area contributed by atoms with Crippen molar-refractivity contribution in [1.82, 2.24) is 13.4 Å². The molecule has 5 heterocycles. The third-order valence-corrected chi connectivity index (χ3v) is 13.6. The Balaban J connectivity index is 1.10. The maximum absolute atomic E-state index is 2.61. The van der Waals surface area contributed by atoms with E-state index in [0.29, 0.717) is 0 Å². The summed E-state index contributed by atoms with van der Waals surface area (Å²) in [7, 11) is 0. The van der Waals surface area contributed by atoms with Crippen LogP contribution in [-0.2, 0) is 0 Å². The summed E-state index contributed by atoms with van der Waals surface area (Å²) >= 11 is 0. The molecule has 59 heavy (non-hydrogen) atoms. The van der Waals surface area contributed by atoms with Gasteiger partial charge >= 0.3 is 0 Å². The molecular weight excluding hydrogens is 715 g/mol. The molecule has 3 heteroatoms. The second-order valence-electron chi connectivity index (χ2n) is 16.4. The molecule has 3 nitrogen and oxygen atoms in total. The fourth-order valence-electron chi connectivity index (χ4n) is 11.3. The monoisotopic (exact) mass is 745 g/mol. The molecule has 0 spiro atoms. The second-order valence-corrected chi connectivity index (χ2v) is 16.4. The van der Waals surface area contributed by atoms with E-state index in [9.17, 15) is 0 Å². The number of rotatable bonds is 2. The first-order valence-electron chi connectivity index (χ1n) is 20.5. The van der Waals surface area contributed by atoms with Gasteiger partial charge in [-0.15, -0.1) is 0 Å². The molecule has 10 aromatic carbocycles. The van der Waals surface area contributed by atoms with Crippen LogP contribution >= 0.6 is 0 Å². The molecule has 0 amide bonds. The van der Waals surface area contributed by atoms with E-state index >= 15 is 0 Å². The molecule has 15 aromatic rings. The van der Waals surface area contributed by atoms with Crippen molar-refractivity contribution in [3.8, 4) is 16.8 Å². The van der Waals surface area contributed by atoms with Crippen molar-refractivity contribution in [3.05, 3.63) is 188 Å². The molecule has 15 rings (SSSR count). The Bertz CT molecular complexity index is 4290. The zero-order chi connectivity index (χ0) is 38.1. The molecule has 0 saturated heterocycles. The van der Waals surface area contributed by atoms with Crippen molar-refractivity contribution in [3.63, 3.8) is 0 Å². The normalized spacial score (nSPS) is 12.7. The molecule has 0 bridgehead atoms. The van der Waals surface area contributed by atoms with Gasteiger partial charge in [-0.1, -0.05) is 133 Å². The largest absolute Gasteiger partial charge is 0.309 e. The third-order valence-electron chi connectivity index (χ3n) is 13.6. The van der Waals surface area contributed by atoms with Crippen LogP contribution in [0.25, 0.3) is 136 Å². The van der Waals surface area contributed by atoms with Crippen LogP contribution in [0.5, 0.6) is 0 Å². The Morgan fingerprint density at radius 3 is 1.75 bits per heavy atom. The topological polar surface area (TPSA) is 13.8 Å². The van der Waals surface area contributed by atoms with Gasteiger partial charge in [0, 0.05) is 65.1 Å². The summed E-state index contributed by atoms with van der Waals surface area (Å²) in [6.45, 7) is 0. The van der Waals surface area contributed by atoms with E-state index in [1.165, 1.54) is 136 Å². The van der Waals surface area contributed by atoms with Gasteiger partial charge in [0.2, 0.25) is 0 Å². The summed E-state index contributed by atoms with van der Waals surface area (Å²) in [6, 6.07) is 70.3. The van der Waals surface area contributed by atoms with Gasteiger partial charge in [-0.3, -0.25) is 0 Å². The molecule has 0 N–H and O–H groups in total. The average Bonchev–Trinajstić information content (AvgIpc) is 4.08. The number of para-hydroxylation sites is 4. The van der Waals surface area contributed by atoms with E-state index in [-0.39, 0.29) is 0 Å². The molecule has 0 aliphatic rings. The van der Waals surface area contributed by atoms with Gasteiger partial charge < -0.3 is 13.4 Å². The first-order chi connectivity index (χ1) is 29.3. The van der Waals surface area contributed by atoms with Crippen LogP contribution in [0.15, 0.2) is 188 Å². The van der Waals surface area contributed by atoms with E-state index in [0.717, 1.165) is 0 Å². The minimum Gasteiger partial charge on any atom is -0.309 e. The predicted molar refractivity (Wildman–Crippen MR) is 251 cm³/mol. The van der Waals surface area contributed by atoms with Crippen LogP contribution in [-0.4, -0.2) is 13.4 Å². The Morgan fingerprint density at radius 1 is 0.271 bits per heavy atom. The molecular formula is C56H31N3. The van der Waals surface area contributed by atoms with Crippen molar-refractivity contribution < 1.29 is 0 Å². The van der Waals surface area contributed by atoms with Gasteiger partial charge in [-0.25, -0.2) is 0 Å². The molecule has 0 unspecified atom stereocenters. The quantitative estimate of drug-likeness (QED) is 0.167. The van der Waals surface area contributed by atoms with Crippen LogP contribution in [0.2, 0.25) is 0 Å². The maximum atomic E-state index is 2.61. The first kappa shape index (κ1) is 30.3. The summed E-state index contributed by atoms with van der Waals surface area (Å²) in [6.07, 6.45) is 0. The highest BCUT2D eigenvalue weighted by Gasteiger charge is 2.25. The van der Waals surface area contributed by atoms with Gasteiger partial charge in [0.15, 0.2) is 0 Å². The lowest BCUT2D eigenvalue weighted by Crippen LogP contribution is -1.93. The third kappa shape index (κ3) is 3.62. The Hall–Kier alpha value is -7.88. The molecule has 0 aliphatic carbocycles. The van der Waals surface area contributed by atoms with E-state index in [1.807, 2.05) is 0 Å². The van der Waals surface area contributed by atoms with E-state index in [1.54, 1.807) is 0 Å². The second kappa shape index (κ2) is 10.5. The minimum atomic E-state index is 1.17.